The van der Waals surface area contributed by atoms with Crippen LogP contribution < -0.4 is 4.31 Å². The number of halogens is 1. The molecule has 4 rings (SSSR count). The molecule has 0 bridgehead atoms. The van der Waals surface area contributed by atoms with Crippen LogP contribution in [-0.4, -0.2) is 8.42 Å². The zero-order valence-electron chi connectivity index (χ0n) is 14.5. The van der Waals surface area contributed by atoms with Crippen LogP contribution in [0.1, 0.15) is 5.56 Å². The third kappa shape index (κ3) is 3.29. The van der Waals surface area contributed by atoms with Crippen LogP contribution in [0.2, 0.25) is 0 Å². The van der Waals surface area contributed by atoms with E-state index in [0.29, 0.717) is 10.7 Å². The van der Waals surface area contributed by atoms with Gasteiger partial charge in [-0.1, -0.05) is 54.1 Å². The predicted octanol–water partition coefficient (Wildman–Crippen LogP) is 6.50. The summed E-state index contributed by atoms with van der Waals surface area (Å²) < 4.78 is 30.4. The van der Waals surface area contributed by atoms with Gasteiger partial charge in [0.15, 0.2) is 0 Å². The molecular weight excluding hydrogens is 442 g/mol. The molecule has 3 aromatic carbocycles. The van der Waals surface area contributed by atoms with Crippen LogP contribution in [0.25, 0.3) is 10.1 Å². The fourth-order valence-electron chi connectivity index (χ4n) is 2.88. The highest BCUT2D eigenvalue weighted by molar-refractivity contribution is 9.10. The number of thiophene rings is 1. The van der Waals surface area contributed by atoms with Crippen molar-refractivity contribution in [3.05, 3.63) is 88.9 Å². The monoisotopic (exact) mass is 457 g/mol. The first kappa shape index (κ1) is 18.2. The van der Waals surface area contributed by atoms with Crippen LogP contribution in [-0.2, 0) is 10.0 Å². The van der Waals surface area contributed by atoms with Gasteiger partial charge in [0.25, 0.3) is 10.0 Å². The molecule has 27 heavy (non-hydrogen) atoms. The highest BCUT2D eigenvalue weighted by Gasteiger charge is 2.30. The molecule has 0 aliphatic carbocycles. The Morgan fingerprint density at radius 2 is 1.48 bits per heavy atom. The van der Waals surface area contributed by atoms with Crippen molar-refractivity contribution in [2.45, 2.75) is 11.8 Å². The lowest BCUT2D eigenvalue weighted by atomic mass is 10.2. The summed E-state index contributed by atoms with van der Waals surface area (Å²) in [6.07, 6.45) is 0. The van der Waals surface area contributed by atoms with E-state index in [-0.39, 0.29) is 4.90 Å². The van der Waals surface area contributed by atoms with Gasteiger partial charge in [-0.15, -0.1) is 11.3 Å². The standard InChI is InChI=1S/C21H16BrNO2S2/c1-15-11-13-17(14-12-15)27(24,25)23(16-7-3-2-4-8-16)21-20(22)18-9-5-6-10-19(18)26-21/h2-14H,1H3. The van der Waals surface area contributed by atoms with Crippen LogP contribution in [0.15, 0.2) is 88.2 Å². The highest BCUT2D eigenvalue weighted by atomic mass is 79.9. The summed E-state index contributed by atoms with van der Waals surface area (Å²) in [4.78, 5) is 0.265. The third-order valence-electron chi connectivity index (χ3n) is 4.25. The van der Waals surface area contributed by atoms with Crippen molar-refractivity contribution < 1.29 is 8.42 Å². The van der Waals surface area contributed by atoms with E-state index >= 15 is 0 Å². The Morgan fingerprint density at radius 1 is 0.852 bits per heavy atom. The van der Waals surface area contributed by atoms with E-state index in [1.165, 1.54) is 15.6 Å². The lowest BCUT2D eigenvalue weighted by molar-refractivity contribution is 0.596. The summed E-state index contributed by atoms with van der Waals surface area (Å²) in [6, 6.07) is 24.0. The third-order valence-corrected chi connectivity index (χ3v) is 8.33. The quantitative estimate of drug-likeness (QED) is 0.350. The van der Waals surface area contributed by atoms with Crippen LogP contribution in [0, 0.1) is 6.92 Å². The molecule has 6 heteroatoms. The van der Waals surface area contributed by atoms with Crippen molar-refractivity contribution in [3.8, 4) is 0 Å². The number of para-hydroxylation sites is 1. The lowest BCUT2D eigenvalue weighted by Crippen LogP contribution is -2.25. The Morgan fingerprint density at radius 3 is 2.15 bits per heavy atom. The lowest BCUT2D eigenvalue weighted by Gasteiger charge is -2.23. The molecule has 3 nitrogen and oxygen atoms in total. The maximum absolute atomic E-state index is 13.6. The molecule has 0 unspecified atom stereocenters. The average Bonchev–Trinajstić information content (AvgIpc) is 3.00. The molecule has 0 radical (unpaired) electrons. The first-order chi connectivity index (χ1) is 13.0. The Hall–Kier alpha value is -2.15. The van der Waals surface area contributed by atoms with Gasteiger partial charge in [-0.3, -0.25) is 0 Å². The van der Waals surface area contributed by atoms with E-state index in [1.54, 1.807) is 12.1 Å². The minimum absolute atomic E-state index is 0.265. The van der Waals surface area contributed by atoms with Crippen LogP contribution in [0.5, 0.6) is 0 Å². The minimum atomic E-state index is -3.78. The fraction of sp³-hybridized carbons (Fsp3) is 0.0476. The van der Waals surface area contributed by atoms with Crippen molar-refractivity contribution in [2.75, 3.05) is 4.31 Å². The maximum atomic E-state index is 13.6. The molecule has 0 atom stereocenters. The van der Waals surface area contributed by atoms with Gasteiger partial charge in [0, 0.05) is 10.1 Å². The molecule has 0 amide bonds. The van der Waals surface area contributed by atoms with Gasteiger partial charge in [0.2, 0.25) is 0 Å². The van der Waals surface area contributed by atoms with Gasteiger partial charge in [0.05, 0.1) is 15.1 Å². The number of fused-ring (bicyclic) bond motifs is 1. The molecule has 1 heterocycles. The molecule has 1 aromatic heterocycles. The second-order valence-corrected chi connectivity index (χ2v) is 9.75. The smallest absolute Gasteiger partial charge is 0.224 e. The number of benzene rings is 3. The van der Waals surface area contributed by atoms with E-state index in [9.17, 15) is 8.42 Å². The number of rotatable bonds is 4. The number of hydrogen-bond acceptors (Lipinski definition) is 3. The highest BCUT2D eigenvalue weighted by Crippen LogP contribution is 2.46. The van der Waals surface area contributed by atoms with Crippen molar-refractivity contribution in [1.29, 1.82) is 0 Å². The van der Waals surface area contributed by atoms with Crippen molar-refractivity contribution >= 4 is 58.1 Å². The number of nitrogens with zero attached hydrogens (tertiary/aromatic N) is 1. The zero-order valence-corrected chi connectivity index (χ0v) is 17.7. The molecule has 4 aromatic rings. The number of sulfonamides is 1. The summed E-state index contributed by atoms with van der Waals surface area (Å²) in [6.45, 7) is 1.94. The first-order valence-corrected chi connectivity index (χ1v) is 11.4. The van der Waals surface area contributed by atoms with Gasteiger partial charge in [-0.2, -0.15) is 0 Å². The molecule has 0 spiro atoms. The van der Waals surface area contributed by atoms with Crippen LogP contribution >= 0.6 is 27.3 Å². The van der Waals surface area contributed by atoms with E-state index in [0.717, 1.165) is 20.1 Å². The second-order valence-electron chi connectivity index (χ2n) is 6.14. The van der Waals surface area contributed by atoms with Crippen LogP contribution in [0.4, 0.5) is 10.7 Å². The minimum Gasteiger partial charge on any atom is -0.224 e. The number of hydrogen-bond donors (Lipinski definition) is 0. The largest absolute Gasteiger partial charge is 0.269 e. The fourth-order valence-corrected chi connectivity index (χ4v) is 6.72. The molecule has 0 N–H and O–H groups in total. The number of anilines is 2. The van der Waals surface area contributed by atoms with Gasteiger partial charge in [-0.05, 0) is 53.2 Å². The Kier molecular flexibility index (Phi) is 4.80. The summed E-state index contributed by atoms with van der Waals surface area (Å²) in [5.74, 6) is 0. The van der Waals surface area contributed by atoms with Gasteiger partial charge in [0.1, 0.15) is 5.00 Å². The number of aryl methyl sites for hydroxylation is 1. The Balaban J connectivity index is 1.97. The molecule has 136 valence electrons. The zero-order chi connectivity index (χ0) is 19.0. The summed E-state index contributed by atoms with van der Waals surface area (Å²) >= 11 is 5.08. The Bertz CT molecular complexity index is 1200. The van der Waals surface area contributed by atoms with Gasteiger partial charge >= 0.3 is 0 Å². The van der Waals surface area contributed by atoms with E-state index in [4.69, 9.17) is 0 Å². The molecule has 0 aliphatic rings. The summed E-state index contributed by atoms with van der Waals surface area (Å²) in [5.41, 5.74) is 1.62. The van der Waals surface area contributed by atoms with Crippen molar-refractivity contribution in [2.24, 2.45) is 0 Å². The first-order valence-electron chi connectivity index (χ1n) is 8.32. The van der Waals surface area contributed by atoms with Crippen LogP contribution in [0.3, 0.4) is 0 Å². The average molecular weight is 458 g/mol. The van der Waals surface area contributed by atoms with Gasteiger partial charge in [-0.25, -0.2) is 12.7 Å². The molecular formula is C21H16BrNO2S2. The maximum Gasteiger partial charge on any atom is 0.269 e. The van der Waals surface area contributed by atoms with E-state index < -0.39 is 10.0 Å². The predicted molar refractivity (Wildman–Crippen MR) is 116 cm³/mol. The van der Waals surface area contributed by atoms with E-state index in [2.05, 4.69) is 15.9 Å². The molecule has 0 saturated heterocycles. The SMILES string of the molecule is Cc1ccc(S(=O)(=O)N(c2ccccc2)c2sc3ccccc3c2Br)cc1. The topological polar surface area (TPSA) is 37.4 Å². The van der Waals surface area contributed by atoms with Crippen molar-refractivity contribution in [3.63, 3.8) is 0 Å². The molecule has 0 saturated carbocycles. The van der Waals surface area contributed by atoms with Gasteiger partial charge < -0.3 is 0 Å². The Labute approximate surface area is 171 Å². The molecule has 0 fully saturated rings. The molecule has 0 aliphatic heterocycles. The normalized spacial score (nSPS) is 11.6. The van der Waals surface area contributed by atoms with Crippen molar-refractivity contribution in [1.82, 2.24) is 0 Å². The van der Waals surface area contributed by atoms with E-state index in [1.807, 2.05) is 73.7 Å². The summed E-state index contributed by atoms with van der Waals surface area (Å²) in [5, 5.41) is 1.64. The second kappa shape index (κ2) is 7.11. The summed E-state index contributed by atoms with van der Waals surface area (Å²) in [7, 11) is -3.78.